The van der Waals surface area contributed by atoms with E-state index in [1.54, 1.807) is 6.07 Å². The van der Waals surface area contributed by atoms with Crippen molar-refractivity contribution in [2.24, 2.45) is 0 Å². The Bertz CT molecular complexity index is 489. The van der Waals surface area contributed by atoms with Crippen molar-refractivity contribution in [3.8, 4) is 0 Å². The zero-order chi connectivity index (χ0) is 15.0. The largest absolute Gasteiger partial charge is 0.309 e. The number of rotatable bonds is 3. The van der Waals surface area contributed by atoms with Gasteiger partial charge in [0.05, 0.1) is 0 Å². The lowest BCUT2D eigenvalue weighted by Crippen LogP contribution is -2.66. The Morgan fingerprint density at radius 3 is 2.65 bits per heavy atom. The highest BCUT2D eigenvalue weighted by Crippen LogP contribution is 2.29. The molecule has 2 rings (SSSR count). The summed E-state index contributed by atoms with van der Waals surface area (Å²) in [5, 5.41) is 3.60. The topological polar surface area (TPSA) is 15.3 Å². The van der Waals surface area contributed by atoms with E-state index in [4.69, 9.17) is 0 Å². The molecule has 20 heavy (non-hydrogen) atoms. The predicted octanol–water partition coefficient (Wildman–Crippen LogP) is 3.94. The molecule has 2 nitrogen and oxygen atoms in total. The van der Waals surface area contributed by atoms with Crippen molar-refractivity contribution < 1.29 is 4.39 Å². The van der Waals surface area contributed by atoms with Crippen LogP contribution in [0.1, 0.15) is 39.7 Å². The molecule has 1 N–H and O–H groups in total. The first-order chi connectivity index (χ1) is 9.26. The molecule has 1 unspecified atom stereocenters. The minimum absolute atomic E-state index is 0.0700. The lowest BCUT2D eigenvalue weighted by atomic mass is 9.87. The van der Waals surface area contributed by atoms with E-state index < -0.39 is 0 Å². The van der Waals surface area contributed by atoms with Gasteiger partial charge in [0, 0.05) is 40.7 Å². The summed E-state index contributed by atoms with van der Waals surface area (Å²) in [6.07, 6.45) is 1.05. The first-order valence-corrected chi connectivity index (χ1v) is 7.99. The van der Waals surface area contributed by atoms with Gasteiger partial charge in [0.1, 0.15) is 5.82 Å². The minimum atomic E-state index is -0.130. The third-order valence-electron chi connectivity index (χ3n) is 4.44. The molecule has 1 aliphatic heterocycles. The van der Waals surface area contributed by atoms with Gasteiger partial charge in [-0.2, -0.15) is 0 Å². The van der Waals surface area contributed by atoms with Gasteiger partial charge >= 0.3 is 0 Å². The number of hydrogen-bond donors (Lipinski definition) is 1. The van der Waals surface area contributed by atoms with Gasteiger partial charge in [-0.05, 0) is 39.3 Å². The fourth-order valence-electron chi connectivity index (χ4n) is 2.72. The van der Waals surface area contributed by atoms with E-state index in [0.717, 1.165) is 29.5 Å². The third kappa shape index (κ3) is 3.41. The second-order valence-electron chi connectivity index (χ2n) is 6.68. The molecule has 0 amide bonds. The first kappa shape index (κ1) is 15.9. The number of piperazine rings is 1. The molecule has 1 aliphatic rings. The Kier molecular flexibility index (Phi) is 4.57. The van der Waals surface area contributed by atoms with E-state index in [1.165, 1.54) is 0 Å². The molecule has 0 spiro atoms. The van der Waals surface area contributed by atoms with E-state index in [9.17, 15) is 4.39 Å². The molecule has 0 aromatic heterocycles. The van der Waals surface area contributed by atoms with E-state index in [1.807, 2.05) is 12.1 Å². The molecule has 0 radical (unpaired) electrons. The molecule has 1 aromatic carbocycles. The van der Waals surface area contributed by atoms with Crippen LogP contribution >= 0.6 is 15.9 Å². The summed E-state index contributed by atoms with van der Waals surface area (Å²) in [6, 6.07) is 5.34. The molecule has 0 bridgehead atoms. The smallest absolute Gasteiger partial charge is 0.128 e. The first-order valence-electron chi connectivity index (χ1n) is 7.20. The lowest BCUT2D eigenvalue weighted by molar-refractivity contribution is 0.0167. The van der Waals surface area contributed by atoms with Gasteiger partial charge in [0.25, 0.3) is 0 Å². The van der Waals surface area contributed by atoms with Crippen molar-refractivity contribution in [1.29, 1.82) is 0 Å². The summed E-state index contributed by atoms with van der Waals surface area (Å²) in [7, 11) is 0. The van der Waals surface area contributed by atoms with Crippen LogP contribution in [-0.2, 0) is 6.54 Å². The third-order valence-corrected chi connectivity index (χ3v) is 4.93. The van der Waals surface area contributed by atoms with Crippen molar-refractivity contribution in [1.82, 2.24) is 10.2 Å². The van der Waals surface area contributed by atoms with Crippen LogP contribution in [0.5, 0.6) is 0 Å². The molecular weight excluding hydrogens is 319 g/mol. The SMILES string of the molecule is CCC1(C)CNC(C)(C)CN1Cc1ccc(Br)cc1F. The van der Waals surface area contributed by atoms with Gasteiger partial charge < -0.3 is 5.32 Å². The van der Waals surface area contributed by atoms with Crippen LogP contribution in [0.15, 0.2) is 22.7 Å². The average molecular weight is 343 g/mol. The number of halogens is 2. The van der Waals surface area contributed by atoms with E-state index in [2.05, 4.69) is 53.8 Å². The number of hydrogen-bond acceptors (Lipinski definition) is 2. The number of nitrogens with one attached hydrogen (secondary N) is 1. The Balaban J connectivity index is 2.23. The molecule has 0 saturated carbocycles. The highest BCUT2D eigenvalue weighted by molar-refractivity contribution is 9.10. The molecule has 112 valence electrons. The van der Waals surface area contributed by atoms with Crippen molar-refractivity contribution in [3.05, 3.63) is 34.1 Å². The summed E-state index contributed by atoms with van der Waals surface area (Å²) in [5.41, 5.74) is 0.917. The van der Waals surface area contributed by atoms with Crippen LogP contribution in [-0.4, -0.2) is 29.1 Å². The maximum Gasteiger partial charge on any atom is 0.128 e. The minimum Gasteiger partial charge on any atom is -0.309 e. The zero-order valence-electron chi connectivity index (χ0n) is 12.8. The van der Waals surface area contributed by atoms with E-state index >= 15 is 0 Å². The molecule has 1 aromatic rings. The number of benzene rings is 1. The van der Waals surface area contributed by atoms with Gasteiger partial charge in [-0.1, -0.05) is 28.9 Å². The summed E-state index contributed by atoms with van der Waals surface area (Å²) >= 11 is 3.31. The van der Waals surface area contributed by atoms with E-state index in [0.29, 0.717) is 6.54 Å². The van der Waals surface area contributed by atoms with Gasteiger partial charge in [-0.3, -0.25) is 4.90 Å². The zero-order valence-corrected chi connectivity index (χ0v) is 14.3. The second kappa shape index (κ2) is 5.74. The standard InChI is InChI=1S/C16H24BrFN2/c1-5-16(4)10-19-15(2,3)11-20(16)9-12-6-7-13(17)8-14(12)18/h6-8,19H,5,9-11H2,1-4H3. The molecule has 1 saturated heterocycles. The van der Waals surface area contributed by atoms with Crippen LogP contribution in [0.25, 0.3) is 0 Å². The molecular formula is C16H24BrFN2. The van der Waals surface area contributed by atoms with Gasteiger partial charge in [0.2, 0.25) is 0 Å². The van der Waals surface area contributed by atoms with Crippen LogP contribution in [0.4, 0.5) is 4.39 Å². The lowest BCUT2D eigenvalue weighted by Gasteiger charge is -2.51. The van der Waals surface area contributed by atoms with Crippen LogP contribution in [0.2, 0.25) is 0 Å². The number of nitrogens with zero attached hydrogens (tertiary/aromatic N) is 1. The Labute approximate surface area is 129 Å². The average Bonchev–Trinajstić information content (AvgIpc) is 2.37. The maximum absolute atomic E-state index is 14.1. The predicted molar refractivity (Wildman–Crippen MR) is 85.3 cm³/mol. The summed E-state index contributed by atoms with van der Waals surface area (Å²) in [5.74, 6) is -0.130. The molecule has 0 aliphatic carbocycles. The second-order valence-corrected chi connectivity index (χ2v) is 7.60. The van der Waals surface area contributed by atoms with E-state index in [-0.39, 0.29) is 16.9 Å². The Morgan fingerprint density at radius 1 is 1.35 bits per heavy atom. The fraction of sp³-hybridized carbons (Fsp3) is 0.625. The normalized spacial score (nSPS) is 26.7. The Morgan fingerprint density at radius 2 is 2.05 bits per heavy atom. The summed E-state index contributed by atoms with van der Waals surface area (Å²) < 4.78 is 14.9. The van der Waals surface area contributed by atoms with Gasteiger partial charge in [-0.15, -0.1) is 0 Å². The van der Waals surface area contributed by atoms with Crippen molar-refractivity contribution in [2.75, 3.05) is 13.1 Å². The summed E-state index contributed by atoms with van der Waals surface area (Å²) in [6.45, 7) is 11.4. The molecule has 1 fully saturated rings. The van der Waals surface area contributed by atoms with Crippen LogP contribution in [0.3, 0.4) is 0 Å². The van der Waals surface area contributed by atoms with Crippen LogP contribution in [0, 0.1) is 5.82 Å². The summed E-state index contributed by atoms with van der Waals surface area (Å²) in [4.78, 5) is 2.41. The van der Waals surface area contributed by atoms with Crippen molar-refractivity contribution in [3.63, 3.8) is 0 Å². The molecule has 1 heterocycles. The highest BCUT2D eigenvalue weighted by atomic mass is 79.9. The van der Waals surface area contributed by atoms with Gasteiger partial charge in [-0.25, -0.2) is 4.39 Å². The molecule has 4 heteroatoms. The van der Waals surface area contributed by atoms with Crippen molar-refractivity contribution >= 4 is 15.9 Å². The fourth-order valence-corrected chi connectivity index (χ4v) is 3.05. The highest BCUT2D eigenvalue weighted by Gasteiger charge is 2.39. The molecule has 1 atom stereocenters. The monoisotopic (exact) mass is 342 g/mol. The van der Waals surface area contributed by atoms with Crippen molar-refractivity contribution in [2.45, 2.75) is 51.7 Å². The quantitative estimate of drug-likeness (QED) is 0.894. The van der Waals surface area contributed by atoms with Gasteiger partial charge in [0.15, 0.2) is 0 Å². The van der Waals surface area contributed by atoms with Crippen LogP contribution < -0.4 is 5.32 Å². The Hall–Kier alpha value is -0.450. The maximum atomic E-state index is 14.1.